The summed E-state index contributed by atoms with van der Waals surface area (Å²) in [6.45, 7) is 2.26. The molecule has 1 aromatic heterocycles. The topological polar surface area (TPSA) is 58.3 Å². The Hall–Kier alpha value is -1.39. The molecule has 0 amide bonds. The van der Waals surface area contributed by atoms with Gasteiger partial charge in [-0.25, -0.2) is 4.98 Å². The molecule has 0 bridgehead atoms. The largest absolute Gasteiger partial charge is 0.443 e. The lowest BCUT2D eigenvalue weighted by atomic mass is 9.91. The number of rotatable bonds is 5. The summed E-state index contributed by atoms with van der Waals surface area (Å²) in [5, 5.41) is 12.6. The van der Waals surface area contributed by atoms with Gasteiger partial charge in [0.05, 0.1) is 0 Å². The lowest BCUT2D eigenvalue weighted by molar-refractivity contribution is 0.189. The van der Waals surface area contributed by atoms with E-state index >= 15 is 0 Å². The molecule has 0 saturated carbocycles. The van der Waals surface area contributed by atoms with Crippen LogP contribution in [-0.4, -0.2) is 23.7 Å². The zero-order chi connectivity index (χ0) is 12.3. The molecule has 92 valence electrons. The van der Waals surface area contributed by atoms with Crippen molar-refractivity contribution in [2.45, 2.75) is 19.4 Å². The van der Waals surface area contributed by atoms with E-state index in [1.165, 1.54) is 6.39 Å². The lowest BCUT2D eigenvalue weighted by Crippen LogP contribution is -2.27. The van der Waals surface area contributed by atoms with Crippen molar-refractivity contribution >= 4 is 11.1 Å². The van der Waals surface area contributed by atoms with E-state index in [2.05, 4.69) is 17.2 Å². The first-order chi connectivity index (χ1) is 8.30. The van der Waals surface area contributed by atoms with Gasteiger partial charge in [-0.05, 0) is 31.2 Å². The molecule has 1 aromatic carbocycles. The van der Waals surface area contributed by atoms with Crippen molar-refractivity contribution in [3.63, 3.8) is 0 Å². The predicted octanol–water partition coefficient (Wildman–Crippen LogP) is 2.11. The van der Waals surface area contributed by atoms with Gasteiger partial charge >= 0.3 is 0 Å². The zero-order valence-corrected chi connectivity index (χ0v) is 10.2. The lowest BCUT2D eigenvalue weighted by Gasteiger charge is -2.24. The van der Waals surface area contributed by atoms with Crippen molar-refractivity contribution in [1.29, 1.82) is 0 Å². The van der Waals surface area contributed by atoms with Crippen LogP contribution in [0.15, 0.2) is 29.0 Å². The van der Waals surface area contributed by atoms with Gasteiger partial charge in [-0.2, -0.15) is 0 Å². The number of aliphatic hydroxyl groups excluding tert-OH is 1. The molecular weight excluding hydrogens is 216 g/mol. The van der Waals surface area contributed by atoms with E-state index in [9.17, 15) is 5.11 Å². The number of hydrogen-bond acceptors (Lipinski definition) is 4. The Bertz CT molecular complexity index is 477. The van der Waals surface area contributed by atoms with E-state index in [1.807, 2.05) is 25.2 Å². The van der Waals surface area contributed by atoms with E-state index in [1.54, 1.807) is 0 Å². The highest BCUT2D eigenvalue weighted by atomic mass is 16.3. The molecule has 0 aliphatic carbocycles. The number of aliphatic hydroxyl groups is 1. The maximum Gasteiger partial charge on any atom is 0.181 e. The maximum absolute atomic E-state index is 9.39. The van der Waals surface area contributed by atoms with Gasteiger partial charge in [-0.3, -0.25) is 0 Å². The molecule has 0 radical (unpaired) electrons. The highest BCUT2D eigenvalue weighted by molar-refractivity contribution is 5.72. The predicted molar refractivity (Wildman–Crippen MR) is 66.7 cm³/mol. The fraction of sp³-hybridized carbons (Fsp3) is 0.462. The second-order valence-corrected chi connectivity index (χ2v) is 4.20. The minimum absolute atomic E-state index is 0.138. The van der Waals surface area contributed by atoms with Crippen LogP contribution in [0.5, 0.6) is 0 Å². The van der Waals surface area contributed by atoms with Gasteiger partial charge in [0.2, 0.25) is 0 Å². The highest BCUT2D eigenvalue weighted by Gasteiger charge is 2.20. The summed E-state index contributed by atoms with van der Waals surface area (Å²) in [6, 6.07) is 6.11. The molecule has 0 fully saturated rings. The molecular formula is C13H18N2O2. The van der Waals surface area contributed by atoms with Gasteiger partial charge in [0.25, 0.3) is 0 Å². The second-order valence-electron chi connectivity index (χ2n) is 4.20. The SMILES string of the molecule is CCC(CO)C(NC)c1ccc2ncoc2c1. The van der Waals surface area contributed by atoms with Crippen LogP contribution < -0.4 is 5.32 Å². The van der Waals surface area contributed by atoms with Crippen LogP contribution in [0, 0.1) is 5.92 Å². The zero-order valence-electron chi connectivity index (χ0n) is 10.2. The van der Waals surface area contributed by atoms with Crippen molar-refractivity contribution in [3.8, 4) is 0 Å². The molecule has 2 aromatic rings. The smallest absolute Gasteiger partial charge is 0.181 e. The number of fused-ring (bicyclic) bond motifs is 1. The molecule has 0 aliphatic heterocycles. The summed E-state index contributed by atoms with van der Waals surface area (Å²) in [4.78, 5) is 4.09. The number of nitrogens with one attached hydrogen (secondary N) is 1. The maximum atomic E-state index is 9.39. The van der Waals surface area contributed by atoms with Gasteiger partial charge in [0.15, 0.2) is 12.0 Å². The van der Waals surface area contributed by atoms with Crippen LogP contribution >= 0.6 is 0 Å². The average Bonchev–Trinajstić information content (AvgIpc) is 2.82. The molecule has 2 N–H and O–H groups in total. The van der Waals surface area contributed by atoms with Crippen LogP contribution in [0.1, 0.15) is 24.9 Å². The van der Waals surface area contributed by atoms with Crippen LogP contribution in [-0.2, 0) is 0 Å². The summed E-state index contributed by atoms with van der Waals surface area (Å²) in [5.41, 5.74) is 2.77. The monoisotopic (exact) mass is 234 g/mol. The molecule has 2 unspecified atom stereocenters. The molecule has 0 spiro atoms. The first-order valence-corrected chi connectivity index (χ1v) is 5.91. The number of hydrogen-bond donors (Lipinski definition) is 2. The van der Waals surface area contributed by atoms with Crippen molar-refractivity contribution in [2.75, 3.05) is 13.7 Å². The van der Waals surface area contributed by atoms with Crippen LogP contribution in [0.2, 0.25) is 0 Å². The van der Waals surface area contributed by atoms with E-state index in [0.717, 1.165) is 23.1 Å². The van der Waals surface area contributed by atoms with E-state index in [-0.39, 0.29) is 18.6 Å². The number of nitrogens with zero attached hydrogens (tertiary/aromatic N) is 1. The van der Waals surface area contributed by atoms with Crippen LogP contribution in [0.3, 0.4) is 0 Å². The molecule has 1 heterocycles. The first-order valence-electron chi connectivity index (χ1n) is 5.91. The van der Waals surface area contributed by atoms with Crippen molar-refractivity contribution in [3.05, 3.63) is 30.2 Å². The minimum atomic E-state index is 0.138. The van der Waals surface area contributed by atoms with Crippen molar-refractivity contribution in [2.24, 2.45) is 5.92 Å². The van der Waals surface area contributed by atoms with Gasteiger partial charge < -0.3 is 14.8 Å². The van der Waals surface area contributed by atoms with Crippen molar-refractivity contribution in [1.82, 2.24) is 10.3 Å². The summed E-state index contributed by atoms with van der Waals surface area (Å²) in [6.07, 6.45) is 2.38. The Morgan fingerprint density at radius 3 is 2.94 bits per heavy atom. The third-order valence-corrected chi connectivity index (χ3v) is 3.26. The molecule has 4 heteroatoms. The summed E-state index contributed by atoms with van der Waals surface area (Å²) < 4.78 is 5.30. The Balaban J connectivity index is 2.34. The minimum Gasteiger partial charge on any atom is -0.443 e. The Labute approximate surface area is 101 Å². The quantitative estimate of drug-likeness (QED) is 0.832. The number of oxazole rings is 1. The Morgan fingerprint density at radius 1 is 1.47 bits per heavy atom. The third kappa shape index (κ3) is 2.33. The first kappa shape index (κ1) is 12.1. The highest BCUT2D eigenvalue weighted by Crippen LogP contribution is 2.26. The summed E-state index contributed by atoms with van der Waals surface area (Å²) in [5.74, 6) is 0.209. The van der Waals surface area contributed by atoms with Gasteiger partial charge in [-0.1, -0.05) is 13.0 Å². The number of benzene rings is 1. The third-order valence-electron chi connectivity index (χ3n) is 3.26. The van der Waals surface area contributed by atoms with Gasteiger partial charge in [-0.15, -0.1) is 0 Å². The van der Waals surface area contributed by atoms with Crippen LogP contribution in [0.4, 0.5) is 0 Å². The molecule has 17 heavy (non-hydrogen) atoms. The Morgan fingerprint density at radius 2 is 2.29 bits per heavy atom. The number of aromatic nitrogens is 1. The molecule has 4 nitrogen and oxygen atoms in total. The van der Waals surface area contributed by atoms with E-state index in [4.69, 9.17) is 4.42 Å². The van der Waals surface area contributed by atoms with E-state index in [0.29, 0.717) is 0 Å². The summed E-state index contributed by atoms with van der Waals surface area (Å²) >= 11 is 0. The average molecular weight is 234 g/mol. The van der Waals surface area contributed by atoms with Crippen LogP contribution in [0.25, 0.3) is 11.1 Å². The molecule has 2 rings (SSSR count). The fourth-order valence-electron chi connectivity index (χ4n) is 2.21. The fourth-order valence-corrected chi connectivity index (χ4v) is 2.21. The summed E-state index contributed by atoms with van der Waals surface area (Å²) in [7, 11) is 1.91. The van der Waals surface area contributed by atoms with E-state index < -0.39 is 0 Å². The standard InChI is InChI=1S/C13H18N2O2/c1-3-9(7-16)13(14-2)10-4-5-11-12(6-10)17-8-15-11/h4-6,8-9,13-14,16H,3,7H2,1-2H3. The van der Waals surface area contributed by atoms with Gasteiger partial charge in [0, 0.05) is 18.6 Å². The molecule has 2 atom stereocenters. The van der Waals surface area contributed by atoms with Crippen molar-refractivity contribution < 1.29 is 9.52 Å². The second kappa shape index (κ2) is 5.29. The van der Waals surface area contributed by atoms with Gasteiger partial charge in [0.1, 0.15) is 5.52 Å². The normalized spacial score (nSPS) is 15.0. The Kier molecular flexibility index (Phi) is 3.76. The molecule has 0 aliphatic rings. The molecule has 0 saturated heterocycles.